The molecule has 0 aromatic heterocycles. The van der Waals surface area contributed by atoms with Crippen LogP contribution in [0.25, 0.3) is 10.4 Å². The van der Waals surface area contributed by atoms with Gasteiger partial charge in [0.1, 0.15) is 5.82 Å². The Morgan fingerprint density at radius 1 is 1.54 bits per heavy atom. The number of rotatable bonds is 2. The molecule has 1 rings (SSSR count). The highest BCUT2D eigenvalue weighted by Gasteiger charge is 2.00. The number of hydrogen-bond acceptors (Lipinski definition) is 1. The molecule has 0 aliphatic rings. The van der Waals surface area contributed by atoms with Crippen molar-refractivity contribution in [2.45, 2.75) is 14.0 Å². The lowest BCUT2D eigenvalue weighted by Gasteiger charge is -1.97. The topological polar surface area (TPSA) is 48.8 Å². The van der Waals surface area contributed by atoms with Crippen molar-refractivity contribution in [3.05, 3.63) is 45.0 Å². The van der Waals surface area contributed by atoms with Crippen LogP contribution in [0.3, 0.4) is 0 Å². The molecule has 0 amide bonds. The van der Waals surface area contributed by atoms with Gasteiger partial charge < -0.3 is 0 Å². The lowest BCUT2D eigenvalue weighted by Crippen LogP contribution is -1.86. The van der Waals surface area contributed by atoms with E-state index >= 15 is 0 Å². The van der Waals surface area contributed by atoms with Gasteiger partial charge in [0.15, 0.2) is 0 Å². The monoisotopic (exact) mass is 201 g/mol. The van der Waals surface area contributed by atoms with Gasteiger partial charge in [-0.25, -0.2) is 4.39 Å². The standard InChI is InChI=1S/C7H5ClFN3.CH4/c8-6-1-2-7(9)5(3-6)4-11-12-10;/h1-3H,4H2;1H4. The van der Waals surface area contributed by atoms with E-state index in [1.165, 1.54) is 18.2 Å². The molecule has 5 heteroatoms. The van der Waals surface area contributed by atoms with Crippen LogP contribution in [0.1, 0.15) is 13.0 Å². The fourth-order valence-electron chi connectivity index (χ4n) is 0.772. The Labute approximate surface area is 80.8 Å². The summed E-state index contributed by atoms with van der Waals surface area (Å²) in [6.07, 6.45) is 0. The summed E-state index contributed by atoms with van der Waals surface area (Å²) in [7, 11) is 0. The molecule has 13 heavy (non-hydrogen) atoms. The van der Waals surface area contributed by atoms with Crippen LogP contribution in [-0.4, -0.2) is 0 Å². The number of azide groups is 1. The summed E-state index contributed by atoms with van der Waals surface area (Å²) < 4.78 is 12.9. The second-order valence-electron chi connectivity index (χ2n) is 2.12. The first-order valence-electron chi connectivity index (χ1n) is 3.19. The van der Waals surface area contributed by atoms with E-state index in [9.17, 15) is 4.39 Å². The van der Waals surface area contributed by atoms with Gasteiger partial charge in [0.25, 0.3) is 0 Å². The summed E-state index contributed by atoms with van der Waals surface area (Å²) in [6.45, 7) is -0.0110. The van der Waals surface area contributed by atoms with Crippen LogP contribution in [0.5, 0.6) is 0 Å². The highest BCUT2D eigenvalue weighted by atomic mass is 35.5. The van der Waals surface area contributed by atoms with Gasteiger partial charge in [-0.2, -0.15) is 0 Å². The SMILES string of the molecule is C.[N-]=[N+]=NCc1cc(Cl)ccc1F. The molecule has 0 radical (unpaired) electrons. The Morgan fingerprint density at radius 3 is 2.85 bits per heavy atom. The molecule has 1 aromatic carbocycles. The summed E-state index contributed by atoms with van der Waals surface area (Å²) in [6, 6.07) is 4.12. The highest BCUT2D eigenvalue weighted by molar-refractivity contribution is 6.30. The molecule has 0 saturated heterocycles. The van der Waals surface area contributed by atoms with E-state index < -0.39 is 5.82 Å². The van der Waals surface area contributed by atoms with Crippen LogP contribution in [0.4, 0.5) is 4.39 Å². The van der Waals surface area contributed by atoms with Crippen molar-refractivity contribution in [1.82, 2.24) is 0 Å². The van der Waals surface area contributed by atoms with Crippen LogP contribution < -0.4 is 0 Å². The van der Waals surface area contributed by atoms with E-state index in [0.29, 0.717) is 10.6 Å². The predicted octanol–water partition coefficient (Wildman–Crippen LogP) is 3.93. The van der Waals surface area contributed by atoms with Gasteiger partial charge in [0, 0.05) is 9.93 Å². The molecule has 0 N–H and O–H groups in total. The molecule has 1 aromatic rings. The number of benzene rings is 1. The van der Waals surface area contributed by atoms with Crippen LogP contribution in [0.15, 0.2) is 23.3 Å². The normalized spacial score (nSPS) is 8.46. The Kier molecular flexibility index (Phi) is 4.89. The van der Waals surface area contributed by atoms with Gasteiger partial charge in [0.05, 0.1) is 6.54 Å². The van der Waals surface area contributed by atoms with E-state index in [2.05, 4.69) is 10.0 Å². The molecule has 70 valence electrons. The lowest BCUT2D eigenvalue weighted by atomic mass is 10.2. The number of hydrogen-bond donors (Lipinski definition) is 0. The van der Waals surface area contributed by atoms with Gasteiger partial charge in [-0.15, -0.1) is 0 Å². The molecular weight excluding hydrogens is 193 g/mol. The van der Waals surface area contributed by atoms with Gasteiger partial charge in [-0.1, -0.05) is 24.1 Å². The maximum atomic E-state index is 12.9. The van der Waals surface area contributed by atoms with Gasteiger partial charge >= 0.3 is 0 Å². The van der Waals surface area contributed by atoms with E-state index in [1.54, 1.807) is 0 Å². The molecule has 0 fully saturated rings. The van der Waals surface area contributed by atoms with Gasteiger partial charge in [0.2, 0.25) is 0 Å². The van der Waals surface area contributed by atoms with Crippen molar-refractivity contribution in [3.63, 3.8) is 0 Å². The third-order valence-electron chi connectivity index (χ3n) is 1.31. The van der Waals surface area contributed by atoms with Crippen molar-refractivity contribution < 1.29 is 4.39 Å². The first-order chi connectivity index (χ1) is 5.74. The largest absolute Gasteiger partial charge is 0.207 e. The zero-order valence-corrected chi connectivity index (χ0v) is 6.79. The molecule has 0 saturated carbocycles. The molecule has 0 heterocycles. The summed E-state index contributed by atoms with van der Waals surface area (Å²) in [5.41, 5.74) is 8.30. The van der Waals surface area contributed by atoms with Crippen molar-refractivity contribution in [3.8, 4) is 0 Å². The second kappa shape index (κ2) is 5.41. The maximum Gasteiger partial charge on any atom is 0.126 e. The minimum atomic E-state index is -0.410. The third kappa shape index (κ3) is 3.32. The van der Waals surface area contributed by atoms with Gasteiger partial charge in [-0.05, 0) is 29.3 Å². The van der Waals surface area contributed by atoms with E-state index in [-0.39, 0.29) is 14.0 Å². The smallest absolute Gasteiger partial charge is 0.126 e. The lowest BCUT2D eigenvalue weighted by molar-refractivity contribution is 0.610. The average molecular weight is 202 g/mol. The van der Waals surface area contributed by atoms with Crippen LogP contribution >= 0.6 is 11.6 Å². The molecular formula is C8H9ClFN3. The summed E-state index contributed by atoms with van der Waals surface area (Å²) in [5, 5.41) is 3.66. The Hall–Kier alpha value is -1.25. The van der Waals surface area contributed by atoms with E-state index in [4.69, 9.17) is 17.1 Å². The first-order valence-corrected chi connectivity index (χ1v) is 3.56. The molecule has 0 spiro atoms. The minimum Gasteiger partial charge on any atom is -0.207 e. The van der Waals surface area contributed by atoms with E-state index in [0.717, 1.165) is 0 Å². The summed E-state index contributed by atoms with van der Waals surface area (Å²) in [5.74, 6) is -0.410. The average Bonchev–Trinajstić information content (AvgIpc) is 2.07. The van der Waals surface area contributed by atoms with Gasteiger partial charge in [-0.3, -0.25) is 0 Å². The van der Waals surface area contributed by atoms with Crippen molar-refractivity contribution in [2.75, 3.05) is 0 Å². The molecule has 0 aliphatic carbocycles. The summed E-state index contributed by atoms with van der Waals surface area (Å²) in [4.78, 5) is 2.52. The summed E-state index contributed by atoms with van der Waals surface area (Å²) >= 11 is 5.59. The molecule has 0 unspecified atom stereocenters. The quantitative estimate of drug-likeness (QED) is 0.396. The highest BCUT2D eigenvalue weighted by Crippen LogP contribution is 2.15. The Morgan fingerprint density at radius 2 is 2.23 bits per heavy atom. The zero-order chi connectivity index (χ0) is 8.97. The first kappa shape index (κ1) is 11.8. The minimum absolute atomic E-state index is 0. The Bertz CT molecular complexity index is 334. The molecule has 0 aliphatic heterocycles. The van der Waals surface area contributed by atoms with Crippen molar-refractivity contribution in [1.29, 1.82) is 0 Å². The number of halogens is 2. The van der Waals surface area contributed by atoms with Crippen molar-refractivity contribution >= 4 is 11.6 Å². The molecule has 0 atom stereocenters. The Balaban J connectivity index is 0.00000144. The van der Waals surface area contributed by atoms with Crippen LogP contribution in [-0.2, 0) is 6.54 Å². The number of nitrogens with zero attached hydrogens (tertiary/aromatic N) is 3. The van der Waals surface area contributed by atoms with Crippen LogP contribution in [0, 0.1) is 5.82 Å². The fourth-order valence-corrected chi connectivity index (χ4v) is 0.967. The third-order valence-corrected chi connectivity index (χ3v) is 1.55. The van der Waals surface area contributed by atoms with Crippen molar-refractivity contribution in [2.24, 2.45) is 5.11 Å². The fraction of sp³-hybridized carbons (Fsp3) is 0.250. The maximum absolute atomic E-state index is 12.9. The van der Waals surface area contributed by atoms with Crippen LogP contribution in [0.2, 0.25) is 5.02 Å². The molecule has 3 nitrogen and oxygen atoms in total. The zero-order valence-electron chi connectivity index (χ0n) is 6.04. The molecule has 0 bridgehead atoms. The predicted molar refractivity (Wildman–Crippen MR) is 51.0 cm³/mol. The van der Waals surface area contributed by atoms with E-state index in [1.807, 2.05) is 0 Å². The second-order valence-corrected chi connectivity index (χ2v) is 2.56.